The maximum absolute atomic E-state index is 12.4. The molecule has 2 N–H and O–H groups in total. The summed E-state index contributed by atoms with van der Waals surface area (Å²) in [6, 6.07) is 14.0. The third kappa shape index (κ3) is 4.92. The van der Waals surface area contributed by atoms with Crippen molar-refractivity contribution in [2.75, 3.05) is 55.5 Å². The third-order valence-corrected chi connectivity index (χ3v) is 4.76. The van der Waals surface area contributed by atoms with Gasteiger partial charge in [0, 0.05) is 50.8 Å². The molecule has 1 aliphatic heterocycles. The maximum Gasteiger partial charge on any atom is 0.319 e. The minimum absolute atomic E-state index is 0.201. The van der Waals surface area contributed by atoms with Gasteiger partial charge >= 0.3 is 6.03 Å². The van der Waals surface area contributed by atoms with Gasteiger partial charge in [0.25, 0.3) is 0 Å². The van der Waals surface area contributed by atoms with Crippen LogP contribution in [0.1, 0.15) is 11.1 Å². The second kappa shape index (κ2) is 8.77. The Labute approximate surface area is 161 Å². The SMILES string of the molecule is Cc1cc(N(C)C)ccc1NC(=O)NCc1ccccc1N1CCOCC1. The molecule has 0 aliphatic carbocycles. The third-order valence-electron chi connectivity index (χ3n) is 4.76. The van der Waals surface area contributed by atoms with Crippen molar-refractivity contribution in [3.8, 4) is 0 Å². The van der Waals surface area contributed by atoms with Crippen LogP contribution in [0, 0.1) is 6.92 Å². The minimum atomic E-state index is -0.201. The second-order valence-electron chi connectivity index (χ2n) is 6.93. The molecule has 1 heterocycles. The number of amides is 2. The smallest absolute Gasteiger partial charge is 0.319 e. The van der Waals surface area contributed by atoms with Gasteiger partial charge in [-0.2, -0.15) is 0 Å². The molecule has 1 saturated heterocycles. The molecule has 6 heteroatoms. The summed E-state index contributed by atoms with van der Waals surface area (Å²) in [4.78, 5) is 16.7. The molecular formula is C21H28N4O2. The summed E-state index contributed by atoms with van der Waals surface area (Å²) in [5.41, 5.74) is 5.23. The highest BCUT2D eigenvalue weighted by molar-refractivity contribution is 5.90. The fraction of sp³-hybridized carbons (Fsp3) is 0.381. The molecule has 0 unspecified atom stereocenters. The van der Waals surface area contributed by atoms with Crippen LogP contribution in [0.2, 0.25) is 0 Å². The lowest BCUT2D eigenvalue weighted by Crippen LogP contribution is -2.37. The Morgan fingerprint density at radius 1 is 1.15 bits per heavy atom. The fourth-order valence-electron chi connectivity index (χ4n) is 3.18. The average molecular weight is 368 g/mol. The molecule has 2 aromatic rings. The maximum atomic E-state index is 12.4. The molecule has 0 radical (unpaired) electrons. The van der Waals surface area contributed by atoms with E-state index < -0.39 is 0 Å². The van der Waals surface area contributed by atoms with Crippen molar-refractivity contribution in [2.24, 2.45) is 0 Å². The van der Waals surface area contributed by atoms with E-state index in [0.29, 0.717) is 6.54 Å². The molecule has 2 amide bonds. The standard InChI is InChI=1S/C21H28N4O2/c1-16-14-18(24(2)3)8-9-19(16)23-21(26)22-15-17-6-4-5-7-20(17)25-10-12-27-13-11-25/h4-9,14H,10-13,15H2,1-3H3,(H2,22,23,26). The molecule has 6 nitrogen and oxygen atoms in total. The molecule has 2 aromatic carbocycles. The van der Waals surface area contributed by atoms with E-state index in [9.17, 15) is 4.79 Å². The number of nitrogens with zero attached hydrogens (tertiary/aromatic N) is 2. The summed E-state index contributed by atoms with van der Waals surface area (Å²) in [5.74, 6) is 0. The molecular weight excluding hydrogens is 340 g/mol. The van der Waals surface area contributed by atoms with E-state index in [1.54, 1.807) is 0 Å². The van der Waals surface area contributed by atoms with Crippen LogP contribution in [-0.4, -0.2) is 46.4 Å². The second-order valence-corrected chi connectivity index (χ2v) is 6.93. The van der Waals surface area contributed by atoms with Crippen molar-refractivity contribution in [1.82, 2.24) is 5.32 Å². The van der Waals surface area contributed by atoms with Crippen molar-refractivity contribution in [2.45, 2.75) is 13.5 Å². The molecule has 0 bridgehead atoms. The minimum Gasteiger partial charge on any atom is -0.378 e. The topological polar surface area (TPSA) is 56.8 Å². The first-order valence-electron chi connectivity index (χ1n) is 9.28. The van der Waals surface area contributed by atoms with Crippen LogP contribution in [0.3, 0.4) is 0 Å². The van der Waals surface area contributed by atoms with Crippen LogP contribution in [0.5, 0.6) is 0 Å². The summed E-state index contributed by atoms with van der Waals surface area (Å²) in [6.07, 6.45) is 0. The lowest BCUT2D eigenvalue weighted by Gasteiger charge is -2.30. The number of ether oxygens (including phenoxy) is 1. The Morgan fingerprint density at radius 3 is 2.59 bits per heavy atom. The van der Waals surface area contributed by atoms with Gasteiger partial charge in [0.15, 0.2) is 0 Å². The number of benzene rings is 2. The first-order valence-corrected chi connectivity index (χ1v) is 9.28. The van der Waals surface area contributed by atoms with Crippen LogP contribution in [-0.2, 0) is 11.3 Å². The Morgan fingerprint density at radius 2 is 1.89 bits per heavy atom. The molecule has 0 spiro atoms. The number of nitrogens with one attached hydrogen (secondary N) is 2. The van der Waals surface area contributed by atoms with Crippen molar-refractivity contribution in [1.29, 1.82) is 0 Å². The summed E-state index contributed by atoms with van der Waals surface area (Å²) in [5, 5.41) is 5.92. The van der Waals surface area contributed by atoms with Gasteiger partial charge in [-0.05, 0) is 42.3 Å². The Kier molecular flexibility index (Phi) is 6.19. The number of hydrogen-bond acceptors (Lipinski definition) is 4. The van der Waals surface area contributed by atoms with Crippen molar-refractivity contribution in [3.05, 3.63) is 53.6 Å². The lowest BCUT2D eigenvalue weighted by atomic mass is 10.1. The molecule has 3 rings (SSSR count). The first-order chi connectivity index (χ1) is 13.0. The number of hydrogen-bond donors (Lipinski definition) is 2. The molecule has 0 atom stereocenters. The number of anilines is 3. The molecule has 1 fully saturated rings. The van der Waals surface area contributed by atoms with Gasteiger partial charge in [0.1, 0.15) is 0 Å². The highest BCUT2D eigenvalue weighted by Gasteiger charge is 2.15. The zero-order valence-corrected chi connectivity index (χ0v) is 16.3. The van der Waals surface area contributed by atoms with Gasteiger partial charge in [-0.25, -0.2) is 4.79 Å². The normalized spacial score (nSPS) is 14.0. The quantitative estimate of drug-likeness (QED) is 0.851. The van der Waals surface area contributed by atoms with Crippen molar-refractivity contribution in [3.63, 3.8) is 0 Å². The van der Waals surface area contributed by atoms with Gasteiger partial charge in [0.2, 0.25) is 0 Å². The predicted octanol–water partition coefficient (Wildman–Crippen LogP) is 3.22. The predicted molar refractivity (Wildman–Crippen MR) is 111 cm³/mol. The molecule has 0 saturated carbocycles. The fourth-order valence-corrected chi connectivity index (χ4v) is 3.18. The summed E-state index contributed by atoms with van der Waals surface area (Å²) in [7, 11) is 4.00. The molecule has 0 aromatic heterocycles. The zero-order valence-electron chi connectivity index (χ0n) is 16.3. The Hall–Kier alpha value is -2.73. The van der Waals surface area contributed by atoms with Crippen LogP contribution in [0.15, 0.2) is 42.5 Å². The van der Waals surface area contributed by atoms with Crippen LogP contribution in [0.25, 0.3) is 0 Å². The van der Waals surface area contributed by atoms with Gasteiger partial charge < -0.3 is 25.2 Å². The van der Waals surface area contributed by atoms with E-state index >= 15 is 0 Å². The highest BCUT2D eigenvalue weighted by Crippen LogP contribution is 2.23. The highest BCUT2D eigenvalue weighted by atomic mass is 16.5. The van der Waals surface area contributed by atoms with Gasteiger partial charge in [0.05, 0.1) is 13.2 Å². The van der Waals surface area contributed by atoms with E-state index in [2.05, 4.69) is 33.7 Å². The summed E-state index contributed by atoms with van der Waals surface area (Å²) >= 11 is 0. The number of carbonyl (C=O) groups is 1. The number of aryl methyl sites for hydroxylation is 1. The summed E-state index contributed by atoms with van der Waals surface area (Å²) < 4.78 is 5.44. The van der Waals surface area contributed by atoms with Crippen LogP contribution >= 0.6 is 0 Å². The first kappa shape index (κ1) is 19.0. The van der Waals surface area contributed by atoms with Gasteiger partial charge in [-0.15, -0.1) is 0 Å². The van der Waals surface area contributed by atoms with Gasteiger partial charge in [-0.1, -0.05) is 18.2 Å². The van der Waals surface area contributed by atoms with E-state index in [1.807, 2.05) is 50.2 Å². The van der Waals surface area contributed by atoms with Crippen molar-refractivity contribution < 1.29 is 9.53 Å². The number of carbonyl (C=O) groups excluding carboxylic acids is 1. The number of morpholine rings is 1. The number of rotatable bonds is 5. The Balaban J connectivity index is 1.61. The van der Waals surface area contributed by atoms with E-state index in [0.717, 1.165) is 54.5 Å². The number of urea groups is 1. The average Bonchev–Trinajstić information content (AvgIpc) is 2.68. The number of para-hydroxylation sites is 1. The Bertz CT molecular complexity index is 786. The lowest BCUT2D eigenvalue weighted by molar-refractivity contribution is 0.122. The largest absolute Gasteiger partial charge is 0.378 e. The van der Waals surface area contributed by atoms with E-state index in [-0.39, 0.29) is 6.03 Å². The van der Waals surface area contributed by atoms with Crippen LogP contribution in [0.4, 0.5) is 21.9 Å². The monoisotopic (exact) mass is 368 g/mol. The van der Waals surface area contributed by atoms with Crippen molar-refractivity contribution >= 4 is 23.1 Å². The molecule has 1 aliphatic rings. The van der Waals surface area contributed by atoms with E-state index in [4.69, 9.17) is 4.74 Å². The molecule has 27 heavy (non-hydrogen) atoms. The van der Waals surface area contributed by atoms with Crippen LogP contribution < -0.4 is 20.4 Å². The van der Waals surface area contributed by atoms with E-state index in [1.165, 1.54) is 0 Å². The summed E-state index contributed by atoms with van der Waals surface area (Å²) in [6.45, 7) is 5.71. The van der Waals surface area contributed by atoms with Gasteiger partial charge in [-0.3, -0.25) is 0 Å². The zero-order chi connectivity index (χ0) is 19.2. The molecule has 144 valence electrons.